The maximum atomic E-state index is 11.1. The molecule has 0 aliphatic carbocycles. The summed E-state index contributed by atoms with van der Waals surface area (Å²) < 4.78 is 17.4. The zero-order valence-electron chi connectivity index (χ0n) is 10.5. The number of hydrogen-bond donors (Lipinski definition) is 0. The minimum absolute atomic E-state index is 0.175. The predicted octanol–water partition coefficient (Wildman–Crippen LogP) is 3.41. The van der Waals surface area contributed by atoms with Gasteiger partial charge in [0.1, 0.15) is 12.4 Å². The maximum Gasteiger partial charge on any atom is 0.231 e. The van der Waals surface area contributed by atoms with Gasteiger partial charge in [0.25, 0.3) is 0 Å². The fourth-order valence-electron chi connectivity index (χ4n) is 1.90. The number of fused-ring (bicyclic) bond motifs is 1. The topological polar surface area (TPSA) is 44.8 Å². The summed E-state index contributed by atoms with van der Waals surface area (Å²) in [5, 5.41) is 0. The Morgan fingerprint density at radius 1 is 1.15 bits per heavy atom. The molecule has 0 amide bonds. The van der Waals surface area contributed by atoms with E-state index in [0.29, 0.717) is 29.4 Å². The first kappa shape index (κ1) is 13.2. The Hall–Kier alpha value is -1.76. The summed E-state index contributed by atoms with van der Waals surface area (Å²) in [5.74, 6) is 1.68. The molecule has 0 bridgehead atoms. The van der Waals surface area contributed by atoms with Gasteiger partial charge in [-0.25, -0.2) is 0 Å². The Balaban J connectivity index is 1.80. The molecule has 0 N–H and O–H groups in total. The van der Waals surface area contributed by atoms with E-state index in [1.165, 1.54) is 3.57 Å². The van der Waals surface area contributed by atoms with E-state index < -0.39 is 0 Å². The standard InChI is InChI=1S/C15H11IO4/c16-12-3-1-10(2-4-12)8-18-13-6-15-14(19-9-20-15)5-11(13)7-17/h1-7H,8-9H2. The van der Waals surface area contributed by atoms with Crippen LogP contribution in [0.2, 0.25) is 0 Å². The normalized spacial score (nSPS) is 12.2. The smallest absolute Gasteiger partial charge is 0.231 e. The molecule has 2 aromatic rings. The molecule has 0 atom stereocenters. The third kappa shape index (κ3) is 2.72. The van der Waals surface area contributed by atoms with Crippen LogP contribution in [0.15, 0.2) is 36.4 Å². The zero-order valence-corrected chi connectivity index (χ0v) is 12.6. The van der Waals surface area contributed by atoms with E-state index in [1.807, 2.05) is 24.3 Å². The summed E-state index contributed by atoms with van der Waals surface area (Å²) in [6.45, 7) is 0.575. The zero-order chi connectivity index (χ0) is 13.9. The van der Waals surface area contributed by atoms with E-state index in [4.69, 9.17) is 14.2 Å². The van der Waals surface area contributed by atoms with Crippen LogP contribution in [0.1, 0.15) is 15.9 Å². The number of halogens is 1. The molecule has 3 rings (SSSR count). The first-order chi connectivity index (χ1) is 9.76. The van der Waals surface area contributed by atoms with Crippen molar-refractivity contribution in [1.29, 1.82) is 0 Å². The van der Waals surface area contributed by atoms with Gasteiger partial charge in [-0.15, -0.1) is 0 Å². The van der Waals surface area contributed by atoms with Gasteiger partial charge < -0.3 is 14.2 Å². The summed E-state index contributed by atoms with van der Waals surface area (Å²) in [6, 6.07) is 11.3. The van der Waals surface area contributed by atoms with Gasteiger partial charge in [-0.1, -0.05) is 12.1 Å². The molecule has 0 saturated carbocycles. The number of aldehydes is 1. The number of ether oxygens (including phenoxy) is 3. The van der Waals surface area contributed by atoms with E-state index in [-0.39, 0.29) is 6.79 Å². The van der Waals surface area contributed by atoms with Gasteiger partial charge in [-0.2, -0.15) is 0 Å². The quantitative estimate of drug-likeness (QED) is 0.601. The Labute approximate surface area is 129 Å². The van der Waals surface area contributed by atoms with Crippen LogP contribution in [-0.4, -0.2) is 13.1 Å². The number of benzene rings is 2. The number of carbonyl (C=O) groups excluding carboxylic acids is 1. The van der Waals surface area contributed by atoms with Crippen LogP contribution in [0, 0.1) is 3.57 Å². The monoisotopic (exact) mass is 382 g/mol. The van der Waals surface area contributed by atoms with E-state index in [0.717, 1.165) is 11.8 Å². The van der Waals surface area contributed by atoms with E-state index in [9.17, 15) is 4.79 Å². The molecule has 0 unspecified atom stereocenters. The third-order valence-electron chi connectivity index (χ3n) is 2.94. The van der Waals surface area contributed by atoms with Crippen molar-refractivity contribution in [2.45, 2.75) is 6.61 Å². The molecule has 4 nitrogen and oxygen atoms in total. The van der Waals surface area contributed by atoms with Gasteiger partial charge in [0, 0.05) is 9.64 Å². The number of hydrogen-bond acceptors (Lipinski definition) is 4. The average molecular weight is 382 g/mol. The van der Waals surface area contributed by atoms with Crippen LogP contribution in [0.3, 0.4) is 0 Å². The molecule has 2 aromatic carbocycles. The van der Waals surface area contributed by atoms with Crippen LogP contribution in [0.5, 0.6) is 17.2 Å². The van der Waals surface area contributed by atoms with Gasteiger partial charge in [0.05, 0.1) is 5.56 Å². The van der Waals surface area contributed by atoms with Gasteiger partial charge in [-0.3, -0.25) is 4.79 Å². The molecule has 1 aliphatic rings. The Morgan fingerprint density at radius 2 is 1.85 bits per heavy atom. The first-order valence-corrected chi connectivity index (χ1v) is 7.10. The first-order valence-electron chi connectivity index (χ1n) is 6.02. The van der Waals surface area contributed by atoms with Crippen LogP contribution in [0.4, 0.5) is 0 Å². The van der Waals surface area contributed by atoms with Gasteiger partial charge >= 0.3 is 0 Å². The molecular formula is C15H11IO4. The fraction of sp³-hybridized carbons (Fsp3) is 0.133. The second kappa shape index (κ2) is 5.70. The van der Waals surface area contributed by atoms with Gasteiger partial charge in [0.15, 0.2) is 17.8 Å². The lowest BCUT2D eigenvalue weighted by Gasteiger charge is -2.09. The molecule has 5 heteroatoms. The van der Waals surface area contributed by atoms with Crippen molar-refractivity contribution >= 4 is 28.9 Å². The van der Waals surface area contributed by atoms with Crippen molar-refractivity contribution in [2.75, 3.05) is 6.79 Å². The highest BCUT2D eigenvalue weighted by Crippen LogP contribution is 2.37. The lowest BCUT2D eigenvalue weighted by molar-refractivity contribution is 0.111. The Bertz CT molecular complexity index is 637. The minimum Gasteiger partial charge on any atom is -0.488 e. The number of carbonyl (C=O) groups is 1. The van der Waals surface area contributed by atoms with Gasteiger partial charge in [-0.05, 0) is 46.4 Å². The molecular weight excluding hydrogens is 371 g/mol. The summed E-state index contributed by atoms with van der Waals surface area (Å²) in [7, 11) is 0. The summed E-state index contributed by atoms with van der Waals surface area (Å²) in [4.78, 5) is 11.1. The van der Waals surface area contributed by atoms with Gasteiger partial charge in [0.2, 0.25) is 6.79 Å². The molecule has 102 valence electrons. The Kier molecular flexibility index (Phi) is 3.77. The lowest BCUT2D eigenvalue weighted by atomic mass is 10.2. The highest BCUT2D eigenvalue weighted by Gasteiger charge is 2.17. The van der Waals surface area contributed by atoms with Crippen LogP contribution in [-0.2, 0) is 6.61 Å². The van der Waals surface area contributed by atoms with E-state index >= 15 is 0 Å². The largest absolute Gasteiger partial charge is 0.488 e. The fourth-order valence-corrected chi connectivity index (χ4v) is 2.26. The van der Waals surface area contributed by atoms with Crippen LogP contribution in [0.25, 0.3) is 0 Å². The highest BCUT2D eigenvalue weighted by atomic mass is 127. The maximum absolute atomic E-state index is 11.1. The van der Waals surface area contributed by atoms with Crippen LogP contribution < -0.4 is 14.2 Å². The molecule has 1 aliphatic heterocycles. The molecule has 0 aromatic heterocycles. The summed E-state index contributed by atoms with van der Waals surface area (Å²) >= 11 is 2.25. The average Bonchev–Trinajstić information content (AvgIpc) is 2.92. The third-order valence-corrected chi connectivity index (χ3v) is 3.66. The molecule has 1 heterocycles. The van der Waals surface area contributed by atoms with E-state index in [2.05, 4.69) is 22.6 Å². The van der Waals surface area contributed by atoms with Crippen molar-refractivity contribution in [3.8, 4) is 17.2 Å². The SMILES string of the molecule is O=Cc1cc2c(cc1OCc1ccc(I)cc1)OCO2. The molecule has 20 heavy (non-hydrogen) atoms. The summed E-state index contributed by atoms with van der Waals surface area (Å²) in [5.41, 5.74) is 1.50. The van der Waals surface area contributed by atoms with E-state index in [1.54, 1.807) is 12.1 Å². The number of rotatable bonds is 4. The molecule has 0 spiro atoms. The highest BCUT2D eigenvalue weighted by molar-refractivity contribution is 14.1. The molecule has 0 saturated heterocycles. The minimum atomic E-state index is 0.175. The second-order valence-corrected chi connectivity index (χ2v) is 5.52. The predicted molar refractivity (Wildman–Crippen MR) is 81.4 cm³/mol. The van der Waals surface area contributed by atoms with Crippen LogP contribution >= 0.6 is 22.6 Å². The van der Waals surface area contributed by atoms with Crippen molar-refractivity contribution in [3.63, 3.8) is 0 Å². The molecule has 0 fully saturated rings. The van der Waals surface area contributed by atoms with Crippen molar-refractivity contribution in [3.05, 3.63) is 51.1 Å². The second-order valence-electron chi connectivity index (χ2n) is 4.28. The van der Waals surface area contributed by atoms with Crippen molar-refractivity contribution < 1.29 is 19.0 Å². The summed E-state index contributed by atoms with van der Waals surface area (Å²) in [6.07, 6.45) is 0.755. The Morgan fingerprint density at radius 3 is 2.55 bits per heavy atom. The van der Waals surface area contributed by atoms with Crippen molar-refractivity contribution in [1.82, 2.24) is 0 Å². The molecule has 0 radical (unpaired) electrons. The van der Waals surface area contributed by atoms with Crippen molar-refractivity contribution in [2.24, 2.45) is 0 Å². The lowest BCUT2D eigenvalue weighted by Crippen LogP contribution is -1.98.